The van der Waals surface area contributed by atoms with E-state index in [0.29, 0.717) is 35.3 Å². The van der Waals surface area contributed by atoms with Gasteiger partial charge in [0.05, 0.1) is 23.5 Å². The number of halogens is 1. The summed E-state index contributed by atoms with van der Waals surface area (Å²) in [5.41, 5.74) is -0.333. The molecule has 0 aliphatic carbocycles. The van der Waals surface area contributed by atoms with Crippen molar-refractivity contribution in [3.05, 3.63) is 84.7 Å². The van der Waals surface area contributed by atoms with Crippen LogP contribution in [0.4, 0.5) is 5.82 Å². The average molecular weight is 555 g/mol. The first kappa shape index (κ1) is 24.9. The van der Waals surface area contributed by atoms with Gasteiger partial charge < -0.3 is 14.8 Å². The number of aryl methyl sites for hydroxylation is 3. The van der Waals surface area contributed by atoms with Crippen molar-refractivity contribution in [3.63, 3.8) is 0 Å². The number of benzene rings is 2. The molecule has 0 bridgehead atoms. The van der Waals surface area contributed by atoms with E-state index in [-0.39, 0.29) is 0 Å². The van der Waals surface area contributed by atoms with Crippen LogP contribution in [0.25, 0.3) is 5.69 Å². The van der Waals surface area contributed by atoms with Gasteiger partial charge in [-0.25, -0.2) is 9.48 Å². The van der Waals surface area contributed by atoms with Gasteiger partial charge >= 0.3 is 5.69 Å². The van der Waals surface area contributed by atoms with Gasteiger partial charge in [-0.3, -0.25) is 14.6 Å². The van der Waals surface area contributed by atoms with Crippen molar-refractivity contribution in [3.8, 4) is 22.9 Å². The number of carbonyl (C=O) groups is 1. The predicted molar refractivity (Wildman–Crippen MR) is 137 cm³/mol. The Hall–Kier alpha value is -4.19. The van der Waals surface area contributed by atoms with E-state index >= 15 is 0 Å². The summed E-state index contributed by atoms with van der Waals surface area (Å²) >= 11 is 3.44. The Kier molecular flexibility index (Phi) is 7.06. The number of aromatic nitrogens is 5. The van der Waals surface area contributed by atoms with E-state index in [1.807, 2.05) is 20.8 Å². The lowest BCUT2D eigenvalue weighted by Crippen LogP contribution is -2.37. The van der Waals surface area contributed by atoms with E-state index in [0.717, 1.165) is 20.3 Å². The molecule has 2 aromatic carbocycles. The van der Waals surface area contributed by atoms with Crippen molar-refractivity contribution in [2.75, 3.05) is 12.4 Å². The molecule has 0 fully saturated rings. The molecule has 0 saturated heterocycles. The van der Waals surface area contributed by atoms with Crippen LogP contribution in [0.5, 0.6) is 17.2 Å². The highest BCUT2D eigenvalue weighted by Crippen LogP contribution is 2.34. The molecule has 2 N–H and O–H groups in total. The molecule has 0 unspecified atom stereocenters. The van der Waals surface area contributed by atoms with Crippen molar-refractivity contribution in [2.24, 2.45) is 0 Å². The number of nitrogens with zero attached hydrogens (tertiary/aromatic N) is 4. The summed E-state index contributed by atoms with van der Waals surface area (Å²) in [6, 6.07) is 10.3. The molecule has 4 aromatic rings. The number of H-pyrrole nitrogens is 1. The molecule has 36 heavy (non-hydrogen) atoms. The van der Waals surface area contributed by atoms with E-state index < -0.39 is 22.9 Å². The van der Waals surface area contributed by atoms with Crippen LogP contribution in [-0.2, 0) is 6.54 Å². The van der Waals surface area contributed by atoms with E-state index in [2.05, 4.69) is 36.4 Å². The molecule has 0 atom stereocenters. The molecule has 1 amide bonds. The molecule has 2 heterocycles. The maximum Gasteiger partial charge on any atom is 0.349 e. The maximum absolute atomic E-state index is 12.8. The second-order valence-corrected chi connectivity index (χ2v) is 8.67. The van der Waals surface area contributed by atoms with Crippen LogP contribution in [0.2, 0.25) is 0 Å². The van der Waals surface area contributed by atoms with Gasteiger partial charge in [0, 0.05) is 12.6 Å². The van der Waals surface area contributed by atoms with Crippen LogP contribution >= 0.6 is 15.9 Å². The number of hydrogen-bond donors (Lipinski definition) is 2. The number of nitrogens with one attached hydrogen (secondary N) is 2. The maximum atomic E-state index is 12.8. The zero-order chi connectivity index (χ0) is 26.0. The highest BCUT2D eigenvalue weighted by molar-refractivity contribution is 9.10. The first-order valence-corrected chi connectivity index (χ1v) is 11.7. The molecule has 186 valence electrons. The minimum absolute atomic E-state index is 0.363. The minimum atomic E-state index is -0.894. The first-order valence-electron chi connectivity index (χ1n) is 10.9. The third kappa shape index (κ3) is 4.93. The number of amides is 1. The van der Waals surface area contributed by atoms with Gasteiger partial charge in [-0.2, -0.15) is 14.9 Å². The predicted octanol–water partition coefficient (Wildman–Crippen LogP) is 3.57. The number of ether oxygens (including phenoxy) is 2. The Balaban J connectivity index is 1.68. The number of methoxy groups -OCH3 is 1. The fourth-order valence-electron chi connectivity index (χ4n) is 3.63. The first-order chi connectivity index (χ1) is 17.2. The fourth-order valence-corrected chi connectivity index (χ4v) is 4.15. The number of hydrogen-bond acceptors (Lipinski definition) is 7. The number of carbonyl (C=O) groups excluding carboxylic acids is 1. The number of aromatic amines is 1. The Labute approximate surface area is 213 Å². The second kappa shape index (κ2) is 10.2. The largest absolute Gasteiger partial charge is 0.496 e. The van der Waals surface area contributed by atoms with Crippen LogP contribution in [0.15, 0.2) is 56.7 Å². The normalized spacial score (nSPS) is 10.8. The van der Waals surface area contributed by atoms with Gasteiger partial charge in [0.2, 0.25) is 5.69 Å². The molecule has 0 aliphatic rings. The summed E-state index contributed by atoms with van der Waals surface area (Å²) in [7, 11) is 1.58. The van der Waals surface area contributed by atoms with E-state index in [9.17, 15) is 14.4 Å². The molecule has 2 aromatic heterocycles. The molecule has 0 saturated carbocycles. The summed E-state index contributed by atoms with van der Waals surface area (Å²) in [6.07, 6.45) is 1.53. The zero-order valence-electron chi connectivity index (χ0n) is 20.0. The Morgan fingerprint density at radius 1 is 1.14 bits per heavy atom. The Morgan fingerprint density at radius 3 is 2.50 bits per heavy atom. The summed E-state index contributed by atoms with van der Waals surface area (Å²) < 4.78 is 14.6. The molecule has 0 aliphatic heterocycles. The summed E-state index contributed by atoms with van der Waals surface area (Å²) in [5, 5.41) is 10.7. The lowest BCUT2D eigenvalue weighted by molar-refractivity contribution is 0.101. The number of rotatable bonds is 7. The van der Waals surface area contributed by atoms with Crippen molar-refractivity contribution in [2.45, 2.75) is 27.3 Å². The standard InChI is InChI=1S/C24H23BrN6O5/c1-5-30-19(8-9-26-30)27-22(32)20-23(33)28-24(34)31(29-20)15-10-13(2)21(14(3)11-15)36-16-6-7-18(35-4)17(25)12-16/h6-12H,5H2,1-4H3,(H,27,32)(H,28,33,34). The van der Waals surface area contributed by atoms with Gasteiger partial charge in [0.15, 0.2) is 0 Å². The smallest absolute Gasteiger partial charge is 0.349 e. The van der Waals surface area contributed by atoms with Gasteiger partial charge in [-0.15, -0.1) is 0 Å². The van der Waals surface area contributed by atoms with Crippen molar-refractivity contribution in [1.29, 1.82) is 0 Å². The lowest BCUT2D eigenvalue weighted by Gasteiger charge is -2.15. The molecule has 11 nitrogen and oxygen atoms in total. The zero-order valence-corrected chi connectivity index (χ0v) is 21.5. The topological polar surface area (TPSA) is 133 Å². The summed E-state index contributed by atoms with van der Waals surface area (Å²) in [4.78, 5) is 39.9. The summed E-state index contributed by atoms with van der Waals surface area (Å²) in [5.74, 6) is 1.50. The van der Waals surface area contributed by atoms with Crippen molar-refractivity contribution >= 4 is 27.7 Å². The van der Waals surface area contributed by atoms with Gasteiger partial charge in [-0.1, -0.05) is 0 Å². The third-order valence-electron chi connectivity index (χ3n) is 5.33. The van der Waals surface area contributed by atoms with Crippen molar-refractivity contribution < 1.29 is 14.3 Å². The van der Waals surface area contributed by atoms with Gasteiger partial charge in [0.25, 0.3) is 11.5 Å². The molecule has 0 radical (unpaired) electrons. The minimum Gasteiger partial charge on any atom is -0.496 e. The van der Waals surface area contributed by atoms with Crippen LogP contribution in [0.1, 0.15) is 28.5 Å². The van der Waals surface area contributed by atoms with Gasteiger partial charge in [-0.05, 0) is 78.2 Å². The quantitative estimate of drug-likeness (QED) is 0.356. The van der Waals surface area contributed by atoms with Gasteiger partial charge in [0.1, 0.15) is 23.1 Å². The highest BCUT2D eigenvalue weighted by Gasteiger charge is 2.19. The molecule has 0 spiro atoms. The van der Waals surface area contributed by atoms with Crippen LogP contribution < -0.4 is 26.0 Å². The van der Waals surface area contributed by atoms with Crippen LogP contribution in [0.3, 0.4) is 0 Å². The Bertz CT molecular complexity index is 1550. The van der Waals surface area contributed by atoms with Crippen molar-refractivity contribution in [1.82, 2.24) is 24.5 Å². The Morgan fingerprint density at radius 2 is 1.86 bits per heavy atom. The summed E-state index contributed by atoms with van der Waals surface area (Å²) in [6.45, 7) is 6.02. The van der Waals surface area contributed by atoms with Crippen LogP contribution in [-0.4, -0.2) is 37.6 Å². The lowest BCUT2D eigenvalue weighted by atomic mass is 10.1. The van der Waals surface area contributed by atoms with E-state index in [4.69, 9.17) is 9.47 Å². The molecule has 4 rings (SSSR count). The average Bonchev–Trinajstić information content (AvgIpc) is 3.28. The van der Waals surface area contributed by atoms with E-state index in [1.165, 1.54) is 6.20 Å². The number of anilines is 1. The molecular weight excluding hydrogens is 532 g/mol. The van der Waals surface area contributed by atoms with Crippen LogP contribution in [0, 0.1) is 13.8 Å². The molecule has 12 heteroatoms. The fraction of sp³-hybridized carbons (Fsp3) is 0.208. The van der Waals surface area contributed by atoms with E-state index in [1.54, 1.807) is 48.2 Å². The second-order valence-electron chi connectivity index (χ2n) is 7.81. The monoisotopic (exact) mass is 554 g/mol. The SMILES string of the molecule is CCn1nccc1NC(=O)c1nn(-c2cc(C)c(Oc3ccc(OC)c(Br)c3)c(C)c2)c(=O)[nH]c1=O. The molecular formula is C24H23BrN6O5. The highest BCUT2D eigenvalue weighted by atomic mass is 79.9. The third-order valence-corrected chi connectivity index (χ3v) is 5.95.